The molecule has 18 heavy (non-hydrogen) atoms. The first kappa shape index (κ1) is 14.3. The van der Waals surface area contributed by atoms with Gasteiger partial charge in [0.2, 0.25) is 0 Å². The highest BCUT2D eigenvalue weighted by atomic mass is 15.2. The van der Waals surface area contributed by atoms with Gasteiger partial charge in [0, 0.05) is 25.2 Å². The summed E-state index contributed by atoms with van der Waals surface area (Å²) in [4.78, 5) is 2.75. The van der Waals surface area contributed by atoms with Crippen molar-refractivity contribution < 1.29 is 0 Å². The Bertz CT molecular complexity index is 250. The van der Waals surface area contributed by atoms with Gasteiger partial charge in [-0.3, -0.25) is 4.90 Å². The zero-order valence-electron chi connectivity index (χ0n) is 12.8. The van der Waals surface area contributed by atoms with Crippen molar-refractivity contribution in [2.24, 2.45) is 11.3 Å². The van der Waals surface area contributed by atoms with E-state index in [0.29, 0.717) is 11.5 Å². The maximum Gasteiger partial charge on any atom is 0.0249 e. The van der Waals surface area contributed by atoms with Crippen LogP contribution in [-0.2, 0) is 0 Å². The Hall–Kier alpha value is -0.0800. The zero-order valence-corrected chi connectivity index (χ0v) is 12.8. The van der Waals surface area contributed by atoms with E-state index in [9.17, 15) is 0 Å². The molecule has 1 N–H and O–H groups in total. The van der Waals surface area contributed by atoms with Gasteiger partial charge in [0.05, 0.1) is 0 Å². The number of likely N-dealkylation sites (N-methyl/N-ethyl adjacent to an activating group) is 1. The molecule has 106 valence electrons. The van der Waals surface area contributed by atoms with Gasteiger partial charge in [-0.15, -0.1) is 0 Å². The Kier molecular flexibility index (Phi) is 4.71. The van der Waals surface area contributed by atoms with Crippen LogP contribution >= 0.6 is 0 Å². The number of nitrogens with zero attached hydrogens (tertiary/aromatic N) is 1. The van der Waals surface area contributed by atoms with Crippen LogP contribution in [0, 0.1) is 11.3 Å². The monoisotopic (exact) mass is 252 g/mol. The molecule has 0 amide bonds. The minimum absolute atomic E-state index is 0.380. The number of hydrogen-bond acceptors (Lipinski definition) is 2. The molecule has 0 radical (unpaired) electrons. The van der Waals surface area contributed by atoms with Crippen molar-refractivity contribution in [1.29, 1.82) is 0 Å². The van der Waals surface area contributed by atoms with Crippen LogP contribution in [-0.4, -0.2) is 36.6 Å². The predicted molar refractivity (Wildman–Crippen MR) is 78.9 cm³/mol. The molecule has 0 bridgehead atoms. The summed E-state index contributed by atoms with van der Waals surface area (Å²) in [5.41, 5.74) is 0.380. The standard InChI is InChI=1S/C16H32N2/c1-5-18-12-15(16(2,3)4)17-11-14(18)13-9-7-6-8-10-13/h13-15,17H,5-12H2,1-4H3. The Balaban J connectivity index is 1.97. The zero-order chi connectivity index (χ0) is 13.2. The van der Waals surface area contributed by atoms with E-state index in [-0.39, 0.29) is 0 Å². The number of rotatable bonds is 2. The van der Waals surface area contributed by atoms with E-state index in [1.54, 1.807) is 0 Å². The summed E-state index contributed by atoms with van der Waals surface area (Å²) in [5, 5.41) is 3.83. The largest absolute Gasteiger partial charge is 0.311 e. The highest BCUT2D eigenvalue weighted by molar-refractivity contribution is 4.94. The van der Waals surface area contributed by atoms with Crippen LogP contribution in [0.1, 0.15) is 59.8 Å². The molecule has 2 aliphatic rings. The van der Waals surface area contributed by atoms with Crippen molar-refractivity contribution in [2.75, 3.05) is 19.6 Å². The number of nitrogens with one attached hydrogen (secondary N) is 1. The first-order chi connectivity index (χ1) is 8.52. The van der Waals surface area contributed by atoms with E-state index in [2.05, 4.69) is 37.9 Å². The Morgan fingerprint density at radius 3 is 2.33 bits per heavy atom. The fourth-order valence-electron chi connectivity index (χ4n) is 3.75. The Morgan fingerprint density at radius 1 is 1.11 bits per heavy atom. The fraction of sp³-hybridized carbons (Fsp3) is 1.00. The smallest absolute Gasteiger partial charge is 0.0249 e. The summed E-state index contributed by atoms with van der Waals surface area (Å²) < 4.78 is 0. The maximum absolute atomic E-state index is 3.83. The van der Waals surface area contributed by atoms with Crippen molar-refractivity contribution in [2.45, 2.75) is 71.9 Å². The molecule has 0 aromatic carbocycles. The molecule has 2 heteroatoms. The van der Waals surface area contributed by atoms with Gasteiger partial charge in [-0.2, -0.15) is 0 Å². The van der Waals surface area contributed by atoms with Crippen LogP contribution in [0.2, 0.25) is 0 Å². The molecular formula is C16H32N2. The minimum atomic E-state index is 0.380. The predicted octanol–water partition coefficient (Wildman–Crippen LogP) is 3.28. The Labute approximate surface area is 114 Å². The molecule has 0 aromatic heterocycles. The average molecular weight is 252 g/mol. The van der Waals surface area contributed by atoms with Crippen LogP contribution in [0.15, 0.2) is 0 Å². The molecule has 2 fully saturated rings. The molecule has 1 heterocycles. The summed E-state index contributed by atoms with van der Waals surface area (Å²) in [6, 6.07) is 1.45. The first-order valence-corrected chi connectivity index (χ1v) is 7.99. The van der Waals surface area contributed by atoms with Gasteiger partial charge in [0.15, 0.2) is 0 Å². The Morgan fingerprint density at radius 2 is 1.78 bits per heavy atom. The fourth-order valence-corrected chi connectivity index (χ4v) is 3.75. The van der Waals surface area contributed by atoms with E-state index in [1.165, 1.54) is 51.7 Å². The van der Waals surface area contributed by atoms with Crippen molar-refractivity contribution in [3.8, 4) is 0 Å². The molecule has 1 aliphatic carbocycles. The third-order valence-electron chi connectivity index (χ3n) is 5.11. The minimum Gasteiger partial charge on any atom is -0.311 e. The van der Waals surface area contributed by atoms with Gasteiger partial charge in [-0.05, 0) is 30.7 Å². The molecule has 2 atom stereocenters. The second-order valence-corrected chi connectivity index (χ2v) is 7.38. The van der Waals surface area contributed by atoms with Crippen LogP contribution in [0.25, 0.3) is 0 Å². The van der Waals surface area contributed by atoms with Crippen LogP contribution in [0.3, 0.4) is 0 Å². The van der Waals surface area contributed by atoms with Crippen LogP contribution in [0.5, 0.6) is 0 Å². The maximum atomic E-state index is 3.83. The van der Waals surface area contributed by atoms with Gasteiger partial charge in [-0.1, -0.05) is 47.0 Å². The van der Waals surface area contributed by atoms with E-state index >= 15 is 0 Å². The molecule has 1 saturated heterocycles. The van der Waals surface area contributed by atoms with Crippen molar-refractivity contribution in [1.82, 2.24) is 10.2 Å². The quantitative estimate of drug-likeness (QED) is 0.811. The summed E-state index contributed by atoms with van der Waals surface area (Å²) in [6.07, 6.45) is 7.31. The van der Waals surface area contributed by atoms with Gasteiger partial charge in [0.25, 0.3) is 0 Å². The highest BCUT2D eigenvalue weighted by Crippen LogP contribution is 2.32. The summed E-state index contributed by atoms with van der Waals surface area (Å²) in [7, 11) is 0. The molecular weight excluding hydrogens is 220 g/mol. The normalized spacial score (nSPS) is 32.7. The van der Waals surface area contributed by atoms with Gasteiger partial charge >= 0.3 is 0 Å². The van der Waals surface area contributed by atoms with Gasteiger partial charge in [-0.25, -0.2) is 0 Å². The lowest BCUT2D eigenvalue weighted by Crippen LogP contribution is -2.62. The topological polar surface area (TPSA) is 15.3 Å². The number of hydrogen-bond donors (Lipinski definition) is 1. The number of piperazine rings is 1. The highest BCUT2D eigenvalue weighted by Gasteiger charge is 2.36. The molecule has 1 saturated carbocycles. The third-order valence-corrected chi connectivity index (χ3v) is 5.11. The summed E-state index contributed by atoms with van der Waals surface area (Å²) in [6.45, 7) is 13.1. The SMILES string of the molecule is CCN1CC(C(C)(C)C)NCC1C1CCCCC1. The van der Waals surface area contributed by atoms with Crippen molar-refractivity contribution in [3.63, 3.8) is 0 Å². The molecule has 2 rings (SSSR count). The van der Waals surface area contributed by atoms with E-state index in [1.807, 2.05) is 0 Å². The first-order valence-electron chi connectivity index (χ1n) is 7.99. The van der Waals surface area contributed by atoms with Gasteiger partial charge < -0.3 is 5.32 Å². The second kappa shape index (κ2) is 5.92. The lowest BCUT2D eigenvalue weighted by Gasteiger charge is -2.48. The third kappa shape index (κ3) is 3.27. The second-order valence-electron chi connectivity index (χ2n) is 7.38. The van der Waals surface area contributed by atoms with Crippen LogP contribution < -0.4 is 5.32 Å². The van der Waals surface area contributed by atoms with Gasteiger partial charge in [0.1, 0.15) is 0 Å². The molecule has 2 nitrogen and oxygen atoms in total. The molecule has 2 unspecified atom stereocenters. The lowest BCUT2D eigenvalue weighted by molar-refractivity contribution is 0.0483. The summed E-state index contributed by atoms with van der Waals surface area (Å²) >= 11 is 0. The van der Waals surface area contributed by atoms with Crippen LogP contribution in [0.4, 0.5) is 0 Å². The van der Waals surface area contributed by atoms with Crippen molar-refractivity contribution in [3.05, 3.63) is 0 Å². The molecule has 0 aromatic rings. The molecule has 1 aliphatic heterocycles. The van der Waals surface area contributed by atoms with E-state index in [0.717, 1.165) is 12.0 Å². The summed E-state index contributed by atoms with van der Waals surface area (Å²) in [5.74, 6) is 0.951. The average Bonchev–Trinajstić information content (AvgIpc) is 2.38. The molecule has 0 spiro atoms. The lowest BCUT2D eigenvalue weighted by atomic mass is 9.79. The van der Waals surface area contributed by atoms with E-state index < -0.39 is 0 Å². The van der Waals surface area contributed by atoms with Crippen molar-refractivity contribution >= 4 is 0 Å². The van der Waals surface area contributed by atoms with E-state index in [4.69, 9.17) is 0 Å².